The van der Waals surface area contributed by atoms with Crippen LogP contribution in [0.5, 0.6) is 0 Å². The minimum atomic E-state index is -3.51. The predicted molar refractivity (Wildman–Crippen MR) is 61.6 cm³/mol. The van der Waals surface area contributed by atoms with Crippen molar-refractivity contribution in [3.8, 4) is 0 Å². The fourth-order valence-electron chi connectivity index (χ4n) is 1.40. The van der Waals surface area contributed by atoms with Crippen molar-refractivity contribution in [2.24, 2.45) is 0 Å². The third-order valence-electron chi connectivity index (χ3n) is 2.20. The van der Waals surface area contributed by atoms with Crippen molar-refractivity contribution >= 4 is 15.5 Å². The van der Waals surface area contributed by atoms with Gasteiger partial charge in [-0.1, -0.05) is 24.3 Å². The molecule has 0 bridgehead atoms. The van der Waals surface area contributed by atoms with Gasteiger partial charge in [-0.15, -0.1) is 0 Å². The number of anilines is 1. The summed E-state index contributed by atoms with van der Waals surface area (Å²) in [6.45, 7) is 0. The first-order chi connectivity index (χ1) is 7.62. The maximum absolute atomic E-state index is 12.2. The number of nitrogen functional groups attached to an aromatic ring is 1. The van der Waals surface area contributed by atoms with Gasteiger partial charge in [0.25, 0.3) is 0 Å². The van der Waals surface area contributed by atoms with Crippen molar-refractivity contribution in [2.75, 3.05) is 5.73 Å². The van der Waals surface area contributed by atoms with Gasteiger partial charge in [0.2, 0.25) is 9.84 Å². The van der Waals surface area contributed by atoms with Crippen molar-refractivity contribution in [3.05, 3.63) is 54.6 Å². The van der Waals surface area contributed by atoms with Gasteiger partial charge in [-0.25, -0.2) is 8.42 Å². The van der Waals surface area contributed by atoms with Gasteiger partial charge in [-0.2, -0.15) is 0 Å². The highest BCUT2D eigenvalue weighted by Gasteiger charge is 2.19. The summed E-state index contributed by atoms with van der Waals surface area (Å²) in [5.41, 5.74) is 5.85. The Balaban J connectivity index is 2.62. The van der Waals surface area contributed by atoms with E-state index in [0.717, 1.165) is 0 Å². The normalized spacial score (nSPS) is 11.2. The van der Waals surface area contributed by atoms with Crippen LogP contribution in [0.1, 0.15) is 0 Å². The van der Waals surface area contributed by atoms with Crippen LogP contribution in [-0.4, -0.2) is 8.42 Å². The third-order valence-corrected chi connectivity index (χ3v) is 4.04. The van der Waals surface area contributed by atoms with E-state index in [4.69, 9.17) is 5.73 Å². The highest BCUT2D eigenvalue weighted by atomic mass is 32.2. The monoisotopic (exact) mass is 232 g/mol. The van der Waals surface area contributed by atoms with Crippen molar-refractivity contribution < 1.29 is 8.42 Å². The van der Waals surface area contributed by atoms with Crippen LogP contribution in [0.25, 0.3) is 0 Å². The molecule has 0 aromatic heterocycles. The zero-order valence-electron chi connectivity index (χ0n) is 8.42. The summed E-state index contributed by atoms with van der Waals surface area (Å²) < 4.78 is 24.3. The molecule has 0 heterocycles. The molecule has 0 fully saturated rings. The molecule has 16 heavy (non-hydrogen) atoms. The maximum Gasteiger partial charge on any atom is 0.208 e. The molecule has 0 aliphatic carbocycles. The summed E-state index contributed by atoms with van der Waals surface area (Å²) in [5, 5.41) is 0. The molecule has 0 unspecified atom stereocenters. The Morgan fingerprint density at radius 1 is 1.06 bits per heavy atom. The van der Waals surface area contributed by atoms with Gasteiger partial charge in [0, 0.05) is 0 Å². The fraction of sp³-hybridized carbons (Fsp3) is 0. The van der Waals surface area contributed by atoms with E-state index in [0.29, 0.717) is 0 Å². The summed E-state index contributed by atoms with van der Waals surface area (Å²) in [6.07, 6.45) is 0. The maximum atomic E-state index is 12.2. The number of hydrogen-bond donors (Lipinski definition) is 1. The fourth-order valence-corrected chi connectivity index (χ4v) is 2.79. The van der Waals surface area contributed by atoms with E-state index in [1.807, 2.05) is 0 Å². The third kappa shape index (κ3) is 1.79. The first kappa shape index (κ1) is 10.7. The van der Waals surface area contributed by atoms with Crippen molar-refractivity contribution in [2.45, 2.75) is 9.79 Å². The quantitative estimate of drug-likeness (QED) is 0.804. The van der Waals surface area contributed by atoms with Crippen LogP contribution in [0.15, 0.2) is 58.3 Å². The Labute approximate surface area is 94.5 Å². The highest BCUT2D eigenvalue weighted by Crippen LogP contribution is 2.24. The van der Waals surface area contributed by atoms with Crippen molar-refractivity contribution in [1.82, 2.24) is 0 Å². The SMILES string of the molecule is Nc1c[c]ccc1S(=O)(=O)c1ccccc1. The second-order valence-electron chi connectivity index (χ2n) is 3.28. The number of nitrogens with two attached hydrogens (primary N) is 1. The predicted octanol–water partition coefficient (Wildman–Crippen LogP) is 1.90. The van der Waals surface area contributed by atoms with Crippen molar-refractivity contribution in [3.63, 3.8) is 0 Å². The molecule has 0 aliphatic rings. The smallest absolute Gasteiger partial charge is 0.208 e. The first-order valence-electron chi connectivity index (χ1n) is 4.68. The molecule has 3 nitrogen and oxygen atoms in total. The number of benzene rings is 2. The molecule has 0 amide bonds. The lowest BCUT2D eigenvalue weighted by atomic mass is 10.3. The molecule has 2 aromatic rings. The van der Waals surface area contributed by atoms with E-state index in [-0.39, 0.29) is 15.5 Å². The summed E-state index contributed by atoms with van der Waals surface area (Å²) >= 11 is 0. The lowest BCUT2D eigenvalue weighted by Crippen LogP contribution is -2.05. The Hall–Kier alpha value is -1.81. The van der Waals surface area contributed by atoms with Gasteiger partial charge in [0.15, 0.2) is 0 Å². The largest absolute Gasteiger partial charge is 0.398 e. The molecule has 4 heteroatoms. The standard InChI is InChI=1S/C12H10NO2S/c13-11-8-4-5-9-12(11)16(14,15)10-6-2-1-3-7-10/h1-3,5-9H,13H2. The average Bonchev–Trinajstić information content (AvgIpc) is 2.30. The van der Waals surface area contributed by atoms with Crippen LogP contribution in [0.2, 0.25) is 0 Å². The lowest BCUT2D eigenvalue weighted by molar-refractivity contribution is 0.596. The van der Waals surface area contributed by atoms with E-state index in [1.54, 1.807) is 30.3 Å². The first-order valence-corrected chi connectivity index (χ1v) is 6.16. The second-order valence-corrected chi connectivity index (χ2v) is 5.20. The van der Waals surface area contributed by atoms with Gasteiger partial charge < -0.3 is 5.73 Å². The topological polar surface area (TPSA) is 60.2 Å². The summed E-state index contributed by atoms with van der Waals surface area (Å²) in [4.78, 5) is 0.366. The summed E-state index contributed by atoms with van der Waals surface area (Å²) in [5.74, 6) is 0. The van der Waals surface area contributed by atoms with E-state index in [1.165, 1.54) is 18.2 Å². The van der Waals surface area contributed by atoms with E-state index >= 15 is 0 Å². The Bertz CT molecular complexity index is 591. The van der Waals surface area contributed by atoms with Gasteiger partial charge in [-0.05, 0) is 30.3 Å². The van der Waals surface area contributed by atoms with Crippen molar-refractivity contribution in [1.29, 1.82) is 0 Å². The van der Waals surface area contributed by atoms with Crippen LogP contribution in [0, 0.1) is 6.07 Å². The summed E-state index contributed by atoms with van der Waals surface area (Å²) in [6, 6.07) is 15.4. The van der Waals surface area contributed by atoms with Gasteiger partial charge in [0.1, 0.15) is 0 Å². The molecule has 1 radical (unpaired) electrons. The van der Waals surface area contributed by atoms with E-state index < -0.39 is 9.84 Å². The van der Waals surface area contributed by atoms with Crippen LogP contribution in [0.4, 0.5) is 5.69 Å². The average molecular weight is 232 g/mol. The van der Waals surface area contributed by atoms with Crippen LogP contribution in [0.3, 0.4) is 0 Å². The number of rotatable bonds is 2. The van der Waals surface area contributed by atoms with Crippen LogP contribution < -0.4 is 5.73 Å². The molecular formula is C12H10NO2S. The van der Waals surface area contributed by atoms with Crippen LogP contribution >= 0.6 is 0 Å². The zero-order valence-corrected chi connectivity index (χ0v) is 9.24. The van der Waals surface area contributed by atoms with Gasteiger partial charge in [-0.3, -0.25) is 0 Å². The molecular weight excluding hydrogens is 222 g/mol. The zero-order chi connectivity index (χ0) is 11.6. The van der Waals surface area contributed by atoms with Crippen LogP contribution in [-0.2, 0) is 9.84 Å². The second kappa shape index (κ2) is 3.98. The number of hydrogen-bond acceptors (Lipinski definition) is 3. The molecule has 81 valence electrons. The highest BCUT2D eigenvalue weighted by molar-refractivity contribution is 7.91. The molecule has 0 saturated carbocycles. The molecule has 0 aliphatic heterocycles. The van der Waals surface area contributed by atoms with Gasteiger partial charge >= 0.3 is 0 Å². The minimum Gasteiger partial charge on any atom is -0.398 e. The molecule has 2 aromatic carbocycles. The molecule has 0 atom stereocenters. The van der Waals surface area contributed by atoms with Gasteiger partial charge in [0.05, 0.1) is 15.5 Å². The Morgan fingerprint density at radius 2 is 1.75 bits per heavy atom. The molecule has 0 saturated heterocycles. The minimum absolute atomic E-state index is 0.123. The lowest BCUT2D eigenvalue weighted by Gasteiger charge is -2.06. The molecule has 2 N–H and O–H groups in total. The molecule has 2 rings (SSSR count). The Morgan fingerprint density at radius 3 is 2.38 bits per heavy atom. The van der Waals surface area contributed by atoms with E-state index in [2.05, 4.69) is 6.07 Å². The van der Waals surface area contributed by atoms with E-state index in [9.17, 15) is 8.42 Å². The summed E-state index contributed by atoms with van der Waals surface area (Å²) in [7, 11) is -3.51. The number of sulfone groups is 1. The Kier molecular flexibility index (Phi) is 2.66. The molecule has 0 spiro atoms.